The number of aryl methyl sites for hydroxylation is 1. The Kier molecular flexibility index (Phi) is 5.27. The van der Waals surface area contributed by atoms with Gasteiger partial charge in [0.25, 0.3) is 5.91 Å². The molecular formula is C18H19BrN2O3S. The quantitative estimate of drug-likeness (QED) is 0.814. The third-order valence-electron chi connectivity index (χ3n) is 4.19. The summed E-state index contributed by atoms with van der Waals surface area (Å²) >= 11 is 3.34. The predicted molar refractivity (Wildman–Crippen MR) is 101 cm³/mol. The molecule has 0 unspecified atom stereocenters. The normalized spacial score (nSPS) is 15.3. The highest BCUT2D eigenvalue weighted by molar-refractivity contribution is 9.10. The third-order valence-corrected chi connectivity index (χ3v) is 6.78. The van der Waals surface area contributed by atoms with E-state index in [-0.39, 0.29) is 10.8 Å². The summed E-state index contributed by atoms with van der Waals surface area (Å²) in [5, 5.41) is 2.80. The van der Waals surface area contributed by atoms with E-state index in [9.17, 15) is 13.2 Å². The average molecular weight is 423 g/mol. The minimum atomic E-state index is -3.56. The maximum absolute atomic E-state index is 12.7. The van der Waals surface area contributed by atoms with Crippen molar-refractivity contribution in [2.24, 2.45) is 0 Å². The lowest BCUT2D eigenvalue weighted by molar-refractivity contribution is 0.102. The minimum Gasteiger partial charge on any atom is -0.322 e. The monoisotopic (exact) mass is 422 g/mol. The SMILES string of the molecule is Cc1ccc(NC(=O)c2cc(S(=O)(=O)N3CCCC3)ccc2Br)cc1. The van der Waals surface area contributed by atoms with Gasteiger partial charge in [0.1, 0.15) is 0 Å². The number of nitrogens with zero attached hydrogens (tertiary/aromatic N) is 1. The summed E-state index contributed by atoms with van der Waals surface area (Å²) in [4.78, 5) is 12.7. The molecule has 3 rings (SSSR count). The van der Waals surface area contributed by atoms with Crippen LogP contribution in [0.5, 0.6) is 0 Å². The first-order valence-electron chi connectivity index (χ1n) is 8.05. The van der Waals surface area contributed by atoms with Crippen LogP contribution in [0.4, 0.5) is 5.69 Å². The molecule has 1 aliphatic rings. The number of rotatable bonds is 4. The molecule has 2 aromatic rings. The molecule has 0 saturated carbocycles. The Balaban J connectivity index is 1.88. The van der Waals surface area contributed by atoms with Gasteiger partial charge in [-0.25, -0.2) is 8.42 Å². The van der Waals surface area contributed by atoms with Crippen molar-refractivity contribution in [1.82, 2.24) is 4.31 Å². The van der Waals surface area contributed by atoms with Crippen molar-refractivity contribution in [3.63, 3.8) is 0 Å². The summed E-state index contributed by atoms with van der Waals surface area (Å²) in [5.74, 6) is -0.353. The molecule has 0 bridgehead atoms. The van der Waals surface area contributed by atoms with E-state index in [1.165, 1.54) is 16.4 Å². The van der Waals surface area contributed by atoms with Crippen molar-refractivity contribution < 1.29 is 13.2 Å². The summed E-state index contributed by atoms with van der Waals surface area (Å²) in [6.45, 7) is 3.03. The summed E-state index contributed by atoms with van der Waals surface area (Å²) < 4.78 is 27.4. The van der Waals surface area contributed by atoms with Gasteiger partial charge in [-0.05, 0) is 66.0 Å². The molecule has 1 N–H and O–H groups in total. The van der Waals surface area contributed by atoms with Crippen molar-refractivity contribution in [2.75, 3.05) is 18.4 Å². The van der Waals surface area contributed by atoms with Crippen LogP contribution < -0.4 is 5.32 Å². The lowest BCUT2D eigenvalue weighted by Gasteiger charge is -2.16. The van der Waals surface area contributed by atoms with E-state index in [1.54, 1.807) is 6.07 Å². The first kappa shape index (κ1) is 18.1. The largest absolute Gasteiger partial charge is 0.322 e. The Bertz CT molecular complexity index is 889. The van der Waals surface area contributed by atoms with Gasteiger partial charge in [0, 0.05) is 23.2 Å². The van der Waals surface area contributed by atoms with Crippen LogP contribution in [0.3, 0.4) is 0 Å². The lowest BCUT2D eigenvalue weighted by Crippen LogP contribution is -2.28. The van der Waals surface area contributed by atoms with Gasteiger partial charge < -0.3 is 5.32 Å². The fraction of sp³-hybridized carbons (Fsp3) is 0.278. The van der Waals surface area contributed by atoms with Crippen LogP contribution in [0.25, 0.3) is 0 Å². The van der Waals surface area contributed by atoms with Crippen molar-refractivity contribution in [3.05, 3.63) is 58.1 Å². The van der Waals surface area contributed by atoms with Gasteiger partial charge >= 0.3 is 0 Å². The van der Waals surface area contributed by atoms with Crippen LogP contribution in [0.15, 0.2) is 51.8 Å². The number of nitrogens with one attached hydrogen (secondary N) is 1. The molecule has 2 aromatic carbocycles. The molecular weight excluding hydrogens is 404 g/mol. The second-order valence-electron chi connectivity index (χ2n) is 6.07. The number of carbonyl (C=O) groups excluding carboxylic acids is 1. The van der Waals surface area contributed by atoms with Gasteiger partial charge in [-0.1, -0.05) is 17.7 Å². The number of carbonyl (C=O) groups is 1. The van der Waals surface area contributed by atoms with Gasteiger partial charge in [0.2, 0.25) is 10.0 Å². The van der Waals surface area contributed by atoms with Crippen molar-refractivity contribution in [3.8, 4) is 0 Å². The van der Waals surface area contributed by atoms with Crippen LogP contribution in [0, 0.1) is 6.92 Å². The highest BCUT2D eigenvalue weighted by Gasteiger charge is 2.28. The summed E-state index contributed by atoms with van der Waals surface area (Å²) in [6, 6.07) is 12.0. The van der Waals surface area contributed by atoms with Crippen LogP contribution >= 0.6 is 15.9 Å². The van der Waals surface area contributed by atoms with Gasteiger partial charge in [-0.15, -0.1) is 0 Å². The van der Waals surface area contributed by atoms with Crippen LogP contribution in [-0.4, -0.2) is 31.7 Å². The van der Waals surface area contributed by atoms with E-state index >= 15 is 0 Å². The first-order chi connectivity index (χ1) is 11.9. The van der Waals surface area contributed by atoms with E-state index in [2.05, 4.69) is 21.2 Å². The molecule has 132 valence electrons. The summed E-state index contributed by atoms with van der Waals surface area (Å²) in [7, 11) is -3.56. The summed E-state index contributed by atoms with van der Waals surface area (Å²) in [5.41, 5.74) is 2.05. The molecule has 1 aliphatic heterocycles. The number of anilines is 1. The van der Waals surface area contributed by atoms with E-state index in [4.69, 9.17) is 0 Å². The van der Waals surface area contributed by atoms with E-state index in [0.717, 1.165) is 18.4 Å². The second kappa shape index (κ2) is 7.27. The zero-order valence-corrected chi connectivity index (χ0v) is 16.2. The maximum atomic E-state index is 12.7. The lowest BCUT2D eigenvalue weighted by atomic mass is 10.2. The zero-order valence-electron chi connectivity index (χ0n) is 13.8. The van der Waals surface area contributed by atoms with Gasteiger partial charge in [0.05, 0.1) is 10.5 Å². The molecule has 0 spiro atoms. The topological polar surface area (TPSA) is 66.5 Å². The molecule has 5 nitrogen and oxygen atoms in total. The van der Waals surface area contributed by atoms with Crippen molar-refractivity contribution in [1.29, 1.82) is 0 Å². The molecule has 1 amide bonds. The molecule has 0 aliphatic carbocycles. The Labute approximate surface area is 156 Å². The number of hydrogen-bond donors (Lipinski definition) is 1. The maximum Gasteiger partial charge on any atom is 0.256 e. The average Bonchev–Trinajstić information content (AvgIpc) is 3.12. The number of sulfonamides is 1. The Morgan fingerprint density at radius 2 is 1.72 bits per heavy atom. The fourth-order valence-electron chi connectivity index (χ4n) is 2.75. The molecule has 1 heterocycles. The second-order valence-corrected chi connectivity index (χ2v) is 8.87. The first-order valence-corrected chi connectivity index (χ1v) is 10.3. The highest BCUT2D eigenvalue weighted by Crippen LogP contribution is 2.26. The Morgan fingerprint density at radius 3 is 2.36 bits per heavy atom. The third kappa shape index (κ3) is 3.94. The van der Waals surface area contributed by atoms with Gasteiger partial charge in [-0.3, -0.25) is 4.79 Å². The molecule has 1 saturated heterocycles. The molecule has 0 atom stereocenters. The Morgan fingerprint density at radius 1 is 1.08 bits per heavy atom. The molecule has 7 heteroatoms. The number of hydrogen-bond acceptors (Lipinski definition) is 3. The molecule has 1 fully saturated rings. The van der Waals surface area contributed by atoms with E-state index in [1.807, 2.05) is 31.2 Å². The minimum absolute atomic E-state index is 0.145. The molecule has 0 radical (unpaired) electrons. The standard InChI is InChI=1S/C18H19BrN2O3S/c1-13-4-6-14(7-5-13)20-18(22)16-12-15(8-9-17(16)19)25(23,24)21-10-2-3-11-21/h4-9,12H,2-3,10-11H2,1H3,(H,20,22). The van der Waals surface area contributed by atoms with Crippen LogP contribution in [0.1, 0.15) is 28.8 Å². The highest BCUT2D eigenvalue weighted by atomic mass is 79.9. The molecule has 25 heavy (non-hydrogen) atoms. The van der Waals surface area contributed by atoms with Gasteiger partial charge in [-0.2, -0.15) is 4.31 Å². The fourth-order valence-corrected chi connectivity index (χ4v) is 4.72. The number of halogens is 1. The van der Waals surface area contributed by atoms with E-state index in [0.29, 0.717) is 28.8 Å². The van der Waals surface area contributed by atoms with Gasteiger partial charge in [0.15, 0.2) is 0 Å². The zero-order chi connectivity index (χ0) is 18.0. The van der Waals surface area contributed by atoms with Crippen LogP contribution in [-0.2, 0) is 10.0 Å². The molecule has 0 aromatic heterocycles. The van der Waals surface area contributed by atoms with Crippen LogP contribution in [0.2, 0.25) is 0 Å². The van der Waals surface area contributed by atoms with Crippen molar-refractivity contribution >= 4 is 37.5 Å². The summed E-state index contributed by atoms with van der Waals surface area (Å²) in [6.07, 6.45) is 1.74. The smallest absolute Gasteiger partial charge is 0.256 e. The predicted octanol–water partition coefficient (Wildman–Crippen LogP) is 3.79. The number of amides is 1. The number of benzene rings is 2. The van der Waals surface area contributed by atoms with E-state index < -0.39 is 10.0 Å². The Hall–Kier alpha value is -1.70. The van der Waals surface area contributed by atoms with Crippen molar-refractivity contribution in [2.45, 2.75) is 24.7 Å².